The van der Waals surface area contributed by atoms with Gasteiger partial charge in [-0.3, -0.25) is 4.79 Å². The van der Waals surface area contributed by atoms with Crippen LogP contribution in [0, 0.1) is 0 Å². The Bertz CT molecular complexity index is 390. The zero-order valence-electron chi connectivity index (χ0n) is 10.2. The Morgan fingerprint density at radius 1 is 1.28 bits per heavy atom. The zero-order chi connectivity index (χ0) is 12.8. The molecule has 1 aliphatic rings. The molecule has 0 atom stereocenters. The number of rotatable bonds is 4. The molecule has 1 heterocycles. The van der Waals surface area contributed by atoms with Gasteiger partial charge in [-0.1, -0.05) is 23.7 Å². The third-order valence-corrected chi connectivity index (χ3v) is 4.12. The molecule has 0 radical (unpaired) electrons. The maximum Gasteiger partial charge on any atom is 0.232 e. The molecule has 2 rings (SSSR count). The van der Waals surface area contributed by atoms with E-state index in [0.717, 1.165) is 37.0 Å². The number of carbonyl (C=O) groups is 1. The number of nitrogens with one attached hydrogen (secondary N) is 1. The van der Waals surface area contributed by atoms with Crippen LogP contribution in [0.3, 0.4) is 0 Å². The molecule has 0 spiro atoms. The lowest BCUT2D eigenvalue weighted by Crippen LogP contribution is -2.47. The van der Waals surface area contributed by atoms with E-state index in [0.29, 0.717) is 5.75 Å². The second-order valence-corrected chi connectivity index (χ2v) is 5.67. The quantitative estimate of drug-likeness (QED) is 0.918. The first-order chi connectivity index (χ1) is 8.75. The molecule has 1 N–H and O–H groups in total. The molecule has 18 heavy (non-hydrogen) atoms. The van der Waals surface area contributed by atoms with Gasteiger partial charge in [-0.25, -0.2) is 0 Å². The molecule has 1 aromatic rings. The molecule has 0 saturated carbocycles. The van der Waals surface area contributed by atoms with E-state index in [1.165, 1.54) is 5.56 Å². The van der Waals surface area contributed by atoms with Gasteiger partial charge in [-0.2, -0.15) is 0 Å². The number of piperazine rings is 1. The first-order valence-corrected chi connectivity index (χ1v) is 7.59. The highest BCUT2D eigenvalue weighted by molar-refractivity contribution is 7.99. The van der Waals surface area contributed by atoms with Crippen LogP contribution in [0.4, 0.5) is 0 Å². The van der Waals surface area contributed by atoms with Crippen molar-refractivity contribution in [1.82, 2.24) is 10.2 Å². The summed E-state index contributed by atoms with van der Waals surface area (Å²) in [6, 6.07) is 7.78. The van der Waals surface area contributed by atoms with Crippen LogP contribution >= 0.6 is 23.4 Å². The number of nitrogens with zero attached hydrogens (tertiary/aromatic N) is 1. The van der Waals surface area contributed by atoms with E-state index < -0.39 is 0 Å². The molecule has 1 saturated heterocycles. The predicted octanol–water partition coefficient (Wildman–Crippen LogP) is 2.00. The molecule has 1 amide bonds. The van der Waals surface area contributed by atoms with Crippen molar-refractivity contribution in [2.75, 3.05) is 31.9 Å². The number of thioether (sulfide) groups is 1. The highest BCUT2D eigenvalue weighted by Gasteiger charge is 2.15. The Morgan fingerprint density at radius 2 is 1.94 bits per heavy atom. The molecular weight excluding hydrogens is 268 g/mol. The summed E-state index contributed by atoms with van der Waals surface area (Å²) in [5.74, 6) is 1.66. The van der Waals surface area contributed by atoms with E-state index in [9.17, 15) is 4.79 Å². The lowest BCUT2D eigenvalue weighted by Gasteiger charge is -2.27. The number of benzene rings is 1. The largest absolute Gasteiger partial charge is 0.339 e. The van der Waals surface area contributed by atoms with Gasteiger partial charge in [0.25, 0.3) is 0 Å². The van der Waals surface area contributed by atoms with Gasteiger partial charge in [-0.15, -0.1) is 11.8 Å². The maximum absolute atomic E-state index is 11.9. The highest BCUT2D eigenvalue weighted by atomic mass is 35.5. The van der Waals surface area contributed by atoms with Crippen LogP contribution < -0.4 is 5.32 Å². The second-order valence-electron chi connectivity index (χ2n) is 4.25. The van der Waals surface area contributed by atoms with Gasteiger partial charge in [0.05, 0.1) is 5.75 Å². The van der Waals surface area contributed by atoms with E-state index in [2.05, 4.69) is 5.32 Å². The Kier molecular flexibility index (Phi) is 5.35. The second kappa shape index (κ2) is 7.02. The normalized spacial score (nSPS) is 15.7. The van der Waals surface area contributed by atoms with Crippen LogP contribution in [-0.2, 0) is 10.5 Å². The van der Waals surface area contributed by atoms with Crippen molar-refractivity contribution < 1.29 is 4.79 Å². The first-order valence-electron chi connectivity index (χ1n) is 6.06. The summed E-state index contributed by atoms with van der Waals surface area (Å²) in [4.78, 5) is 13.8. The minimum atomic E-state index is 0.246. The summed E-state index contributed by atoms with van der Waals surface area (Å²) in [5, 5.41) is 3.99. The van der Waals surface area contributed by atoms with Crippen molar-refractivity contribution in [2.45, 2.75) is 5.75 Å². The van der Waals surface area contributed by atoms with Crippen molar-refractivity contribution >= 4 is 29.3 Å². The summed E-state index contributed by atoms with van der Waals surface area (Å²) < 4.78 is 0. The summed E-state index contributed by atoms with van der Waals surface area (Å²) in [7, 11) is 0. The fourth-order valence-electron chi connectivity index (χ4n) is 1.84. The van der Waals surface area contributed by atoms with Gasteiger partial charge in [0.2, 0.25) is 5.91 Å². The fraction of sp³-hybridized carbons (Fsp3) is 0.462. The molecule has 1 aromatic carbocycles. The maximum atomic E-state index is 11.9. The van der Waals surface area contributed by atoms with Gasteiger partial charge in [0.1, 0.15) is 0 Å². The molecule has 0 unspecified atom stereocenters. The molecule has 1 fully saturated rings. The van der Waals surface area contributed by atoms with Crippen molar-refractivity contribution in [3.63, 3.8) is 0 Å². The summed E-state index contributed by atoms with van der Waals surface area (Å²) in [6.45, 7) is 3.49. The zero-order valence-corrected chi connectivity index (χ0v) is 11.8. The lowest BCUT2D eigenvalue weighted by atomic mass is 10.2. The van der Waals surface area contributed by atoms with Crippen LogP contribution in [0.25, 0.3) is 0 Å². The fourth-order valence-corrected chi connectivity index (χ4v) is 2.86. The summed E-state index contributed by atoms with van der Waals surface area (Å²) in [5.41, 5.74) is 1.21. The van der Waals surface area contributed by atoms with Crippen molar-refractivity contribution in [3.8, 4) is 0 Å². The van der Waals surface area contributed by atoms with E-state index >= 15 is 0 Å². The third-order valence-electron chi connectivity index (χ3n) is 2.88. The average Bonchev–Trinajstić information content (AvgIpc) is 2.42. The van der Waals surface area contributed by atoms with Crippen LogP contribution in [0.15, 0.2) is 24.3 Å². The van der Waals surface area contributed by atoms with Gasteiger partial charge in [0, 0.05) is 37.0 Å². The van der Waals surface area contributed by atoms with Gasteiger partial charge in [0.15, 0.2) is 0 Å². The first kappa shape index (κ1) is 13.7. The minimum Gasteiger partial charge on any atom is -0.339 e. The predicted molar refractivity (Wildman–Crippen MR) is 77.1 cm³/mol. The van der Waals surface area contributed by atoms with Crippen LogP contribution in [0.2, 0.25) is 5.02 Å². The van der Waals surface area contributed by atoms with Crippen molar-refractivity contribution in [1.29, 1.82) is 0 Å². The molecule has 0 aromatic heterocycles. The molecule has 3 nitrogen and oxygen atoms in total. The topological polar surface area (TPSA) is 32.3 Å². The monoisotopic (exact) mass is 284 g/mol. The van der Waals surface area contributed by atoms with E-state index in [1.807, 2.05) is 29.2 Å². The molecule has 5 heteroatoms. The SMILES string of the molecule is O=C(CSCc1ccc(Cl)cc1)N1CCNCC1. The van der Waals surface area contributed by atoms with Crippen molar-refractivity contribution in [3.05, 3.63) is 34.9 Å². The van der Waals surface area contributed by atoms with Gasteiger partial charge in [-0.05, 0) is 17.7 Å². The molecular formula is C13H17ClN2OS. The molecule has 1 aliphatic heterocycles. The lowest BCUT2D eigenvalue weighted by molar-refractivity contribution is -0.128. The number of halogens is 1. The van der Waals surface area contributed by atoms with E-state index in [1.54, 1.807) is 11.8 Å². The summed E-state index contributed by atoms with van der Waals surface area (Å²) in [6.07, 6.45) is 0. The number of carbonyl (C=O) groups excluding carboxylic acids is 1. The Hall–Kier alpha value is -0.710. The van der Waals surface area contributed by atoms with Crippen molar-refractivity contribution in [2.24, 2.45) is 0 Å². The smallest absolute Gasteiger partial charge is 0.232 e. The minimum absolute atomic E-state index is 0.246. The number of hydrogen-bond acceptors (Lipinski definition) is 3. The standard InChI is InChI=1S/C13H17ClN2OS/c14-12-3-1-11(2-4-12)9-18-10-13(17)16-7-5-15-6-8-16/h1-4,15H,5-10H2. The highest BCUT2D eigenvalue weighted by Crippen LogP contribution is 2.15. The Labute approximate surface area is 117 Å². The Balaban J connectivity index is 1.71. The molecule has 98 valence electrons. The van der Waals surface area contributed by atoms with Crippen LogP contribution in [-0.4, -0.2) is 42.7 Å². The van der Waals surface area contributed by atoms with E-state index in [-0.39, 0.29) is 5.91 Å². The average molecular weight is 285 g/mol. The van der Waals surface area contributed by atoms with Gasteiger partial charge < -0.3 is 10.2 Å². The van der Waals surface area contributed by atoms with Crippen LogP contribution in [0.1, 0.15) is 5.56 Å². The molecule has 0 aliphatic carbocycles. The number of hydrogen-bond donors (Lipinski definition) is 1. The summed E-state index contributed by atoms with van der Waals surface area (Å²) >= 11 is 7.48. The molecule has 0 bridgehead atoms. The third kappa shape index (κ3) is 4.19. The van der Waals surface area contributed by atoms with Gasteiger partial charge >= 0.3 is 0 Å². The Morgan fingerprint density at radius 3 is 2.61 bits per heavy atom. The van der Waals surface area contributed by atoms with E-state index in [4.69, 9.17) is 11.6 Å². The number of amides is 1. The van der Waals surface area contributed by atoms with Crippen LogP contribution in [0.5, 0.6) is 0 Å².